The fourth-order valence-electron chi connectivity index (χ4n) is 2.70. The van der Waals surface area contributed by atoms with Gasteiger partial charge in [0, 0.05) is 10.6 Å². The van der Waals surface area contributed by atoms with Gasteiger partial charge in [0.1, 0.15) is 5.78 Å². The Morgan fingerprint density at radius 2 is 1.67 bits per heavy atom. The van der Waals surface area contributed by atoms with E-state index in [1.165, 1.54) is 18.7 Å². The molecule has 1 amide bonds. The molecule has 0 aliphatic carbocycles. The number of amides is 1. The standard InChI is InChI=1S/C21H23NO4S/c1-13-9-14(2)20(15(3)10-13)22-19(24)11-26-21(25)17-7-5-6-8-18(17)27-12-16(4)23/h5-10H,11-12H2,1-4H3,(H,22,24). The van der Waals surface area contributed by atoms with Gasteiger partial charge in [0.25, 0.3) is 5.91 Å². The first-order valence-corrected chi connectivity index (χ1v) is 9.52. The average Bonchev–Trinajstić information content (AvgIpc) is 2.61. The molecule has 0 unspecified atom stereocenters. The van der Waals surface area contributed by atoms with E-state index in [1.54, 1.807) is 24.3 Å². The van der Waals surface area contributed by atoms with Gasteiger partial charge in [0.15, 0.2) is 6.61 Å². The number of thioether (sulfide) groups is 1. The van der Waals surface area contributed by atoms with Gasteiger partial charge < -0.3 is 10.1 Å². The van der Waals surface area contributed by atoms with Crippen molar-refractivity contribution < 1.29 is 19.1 Å². The monoisotopic (exact) mass is 385 g/mol. The van der Waals surface area contributed by atoms with Gasteiger partial charge in [-0.15, -0.1) is 11.8 Å². The predicted octanol–water partition coefficient (Wildman–Crippen LogP) is 4.09. The lowest BCUT2D eigenvalue weighted by atomic mass is 10.1. The van der Waals surface area contributed by atoms with Gasteiger partial charge in [-0.2, -0.15) is 0 Å². The first-order chi connectivity index (χ1) is 12.8. The zero-order valence-electron chi connectivity index (χ0n) is 15.9. The molecule has 1 N–H and O–H groups in total. The summed E-state index contributed by atoms with van der Waals surface area (Å²) in [5.41, 5.74) is 4.11. The fourth-order valence-corrected chi connectivity index (χ4v) is 3.54. The quantitative estimate of drug-likeness (QED) is 0.574. The number of anilines is 1. The average molecular weight is 385 g/mol. The molecule has 0 bridgehead atoms. The maximum atomic E-state index is 12.3. The van der Waals surface area contributed by atoms with Crippen LogP contribution in [-0.4, -0.2) is 30.0 Å². The normalized spacial score (nSPS) is 10.4. The molecule has 5 nitrogen and oxygen atoms in total. The summed E-state index contributed by atoms with van der Waals surface area (Å²) in [6, 6.07) is 10.8. The highest BCUT2D eigenvalue weighted by Crippen LogP contribution is 2.24. The lowest BCUT2D eigenvalue weighted by Crippen LogP contribution is -2.22. The minimum absolute atomic E-state index is 0.0198. The third-order valence-electron chi connectivity index (χ3n) is 3.81. The Balaban J connectivity index is 2.00. The number of Topliss-reactive ketones (excluding diaryl/α,β-unsaturated/α-hetero) is 1. The summed E-state index contributed by atoms with van der Waals surface area (Å²) in [5, 5.41) is 2.80. The fraction of sp³-hybridized carbons (Fsp3) is 0.286. The highest BCUT2D eigenvalue weighted by Gasteiger charge is 2.16. The van der Waals surface area contributed by atoms with Gasteiger partial charge in [-0.3, -0.25) is 9.59 Å². The topological polar surface area (TPSA) is 72.5 Å². The molecule has 6 heteroatoms. The van der Waals surface area contributed by atoms with Crippen LogP contribution in [0.1, 0.15) is 34.0 Å². The van der Waals surface area contributed by atoms with Crippen LogP contribution in [0.3, 0.4) is 0 Å². The molecular formula is C21H23NO4S. The van der Waals surface area contributed by atoms with Gasteiger partial charge in [-0.1, -0.05) is 29.8 Å². The van der Waals surface area contributed by atoms with E-state index in [-0.39, 0.29) is 18.1 Å². The van der Waals surface area contributed by atoms with Crippen molar-refractivity contribution in [3.05, 3.63) is 58.7 Å². The summed E-state index contributed by atoms with van der Waals surface area (Å²) in [6.07, 6.45) is 0. The largest absolute Gasteiger partial charge is 0.452 e. The molecule has 0 fully saturated rings. The van der Waals surface area contributed by atoms with Crippen LogP contribution in [0.4, 0.5) is 5.69 Å². The number of ketones is 1. The molecule has 0 aliphatic rings. The summed E-state index contributed by atoms with van der Waals surface area (Å²) >= 11 is 1.27. The molecule has 0 saturated carbocycles. The van der Waals surface area contributed by atoms with Crippen LogP contribution in [0.2, 0.25) is 0 Å². The van der Waals surface area contributed by atoms with Crippen LogP contribution in [0.25, 0.3) is 0 Å². The molecule has 0 radical (unpaired) electrons. The van der Waals surface area contributed by atoms with Gasteiger partial charge in [-0.25, -0.2) is 4.79 Å². The van der Waals surface area contributed by atoms with Gasteiger partial charge >= 0.3 is 5.97 Å². The third kappa shape index (κ3) is 5.96. The number of hydrogen-bond acceptors (Lipinski definition) is 5. The van der Waals surface area contributed by atoms with E-state index < -0.39 is 11.9 Å². The molecule has 142 valence electrons. The molecule has 0 atom stereocenters. The Bertz CT molecular complexity index is 853. The number of benzene rings is 2. The number of carbonyl (C=O) groups excluding carboxylic acids is 3. The number of ether oxygens (including phenoxy) is 1. The van der Waals surface area contributed by atoms with Crippen molar-refractivity contribution in [1.82, 2.24) is 0 Å². The second-order valence-corrected chi connectivity index (χ2v) is 7.40. The Morgan fingerprint density at radius 3 is 2.30 bits per heavy atom. The van der Waals surface area contributed by atoms with Crippen LogP contribution in [0, 0.1) is 20.8 Å². The molecule has 27 heavy (non-hydrogen) atoms. The van der Waals surface area contributed by atoms with Crippen molar-refractivity contribution in [2.45, 2.75) is 32.6 Å². The summed E-state index contributed by atoms with van der Waals surface area (Å²) < 4.78 is 5.16. The van der Waals surface area contributed by atoms with Gasteiger partial charge in [-0.05, 0) is 51.0 Å². The van der Waals surface area contributed by atoms with E-state index in [0.29, 0.717) is 10.5 Å². The smallest absolute Gasteiger partial charge is 0.339 e. The number of rotatable bonds is 7. The maximum absolute atomic E-state index is 12.3. The van der Waals surface area contributed by atoms with Crippen molar-refractivity contribution in [3.63, 3.8) is 0 Å². The predicted molar refractivity (Wildman–Crippen MR) is 107 cm³/mol. The zero-order chi connectivity index (χ0) is 20.0. The van der Waals surface area contributed by atoms with E-state index in [2.05, 4.69) is 5.32 Å². The van der Waals surface area contributed by atoms with Crippen molar-refractivity contribution in [3.8, 4) is 0 Å². The van der Waals surface area contributed by atoms with E-state index >= 15 is 0 Å². The van der Waals surface area contributed by atoms with Crippen molar-refractivity contribution in [2.24, 2.45) is 0 Å². The number of nitrogens with one attached hydrogen (secondary N) is 1. The highest BCUT2D eigenvalue weighted by molar-refractivity contribution is 8.00. The second-order valence-electron chi connectivity index (χ2n) is 6.38. The molecular weight excluding hydrogens is 362 g/mol. The molecule has 2 rings (SSSR count). The van der Waals surface area contributed by atoms with Crippen molar-refractivity contribution in [2.75, 3.05) is 17.7 Å². The van der Waals surface area contributed by atoms with Crippen LogP contribution >= 0.6 is 11.8 Å². The van der Waals surface area contributed by atoms with Crippen LogP contribution < -0.4 is 5.32 Å². The lowest BCUT2D eigenvalue weighted by molar-refractivity contribution is -0.119. The summed E-state index contributed by atoms with van der Waals surface area (Å²) in [5.74, 6) is -0.690. The SMILES string of the molecule is CC(=O)CSc1ccccc1C(=O)OCC(=O)Nc1c(C)cc(C)cc1C. The second kappa shape index (κ2) is 9.37. The van der Waals surface area contributed by atoms with Gasteiger partial charge in [0.2, 0.25) is 0 Å². The van der Waals surface area contributed by atoms with E-state index in [4.69, 9.17) is 4.74 Å². The Morgan fingerprint density at radius 1 is 1.04 bits per heavy atom. The molecule has 0 aromatic heterocycles. The summed E-state index contributed by atoms with van der Waals surface area (Å²) in [4.78, 5) is 36.4. The minimum atomic E-state index is -0.589. The van der Waals surface area contributed by atoms with Crippen molar-refractivity contribution in [1.29, 1.82) is 0 Å². The number of aryl methyl sites for hydroxylation is 3. The first kappa shape index (κ1) is 20.7. The van der Waals surface area contributed by atoms with Crippen LogP contribution in [0.15, 0.2) is 41.3 Å². The molecule has 2 aromatic rings. The van der Waals surface area contributed by atoms with E-state index in [9.17, 15) is 14.4 Å². The summed E-state index contributed by atoms with van der Waals surface area (Å²) in [6.45, 7) is 6.95. The zero-order valence-corrected chi connectivity index (χ0v) is 16.7. The Labute approximate surface area is 163 Å². The third-order valence-corrected chi connectivity index (χ3v) is 5.03. The first-order valence-electron chi connectivity index (χ1n) is 8.54. The lowest BCUT2D eigenvalue weighted by Gasteiger charge is -2.13. The molecule has 0 saturated heterocycles. The highest BCUT2D eigenvalue weighted by atomic mass is 32.2. The molecule has 0 aliphatic heterocycles. The number of hydrogen-bond donors (Lipinski definition) is 1. The Hall–Kier alpha value is -2.60. The van der Waals surface area contributed by atoms with Crippen molar-refractivity contribution >= 4 is 35.1 Å². The molecule has 0 heterocycles. The minimum Gasteiger partial charge on any atom is -0.452 e. The Kier molecular flexibility index (Phi) is 7.19. The van der Waals surface area contributed by atoms with Gasteiger partial charge in [0.05, 0.1) is 11.3 Å². The maximum Gasteiger partial charge on any atom is 0.339 e. The van der Waals surface area contributed by atoms with E-state index in [0.717, 1.165) is 22.4 Å². The number of esters is 1. The van der Waals surface area contributed by atoms with E-state index in [1.807, 2.05) is 32.9 Å². The summed E-state index contributed by atoms with van der Waals surface area (Å²) in [7, 11) is 0. The molecule has 0 spiro atoms. The van der Waals surface area contributed by atoms with Crippen LogP contribution in [-0.2, 0) is 14.3 Å². The van der Waals surface area contributed by atoms with Crippen LogP contribution in [0.5, 0.6) is 0 Å². The number of carbonyl (C=O) groups is 3. The molecule has 2 aromatic carbocycles.